The highest BCUT2D eigenvalue weighted by Crippen LogP contribution is 2.13. The molecule has 3 heterocycles. The summed E-state index contributed by atoms with van der Waals surface area (Å²) in [7, 11) is 0. The molecule has 1 aliphatic heterocycles. The molecule has 0 spiro atoms. The maximum atomic E-state index is 4.42. The first-order valence-corrected chi connectivity index (χ1v) is 9.77. The minimum absolute atomic E-state index is 0.606. The van der Waals surface area contributed by atoms with Crippen LogP contribution in [0.25, 0.3) is 12.0 Å². The molecule has 6 nitrogen and oxygen atoms in total. The molecule has 144 valence electrons. The molecule has 4 rings (SSSR count). The van der Waals surface area contributed by atoms with E-state index in [0.29, 0.717) is 5.95 Å². The van der Waals surface area contributed by atoms with Gasteiger partial charge in [0.25, 0.3) is 5.95 Å². The van der Waals surface area contributed by atoms with Gasteiger partial charge in [-0.15, -0.1) is 0 Å². The molecule has 28 heavy (non-hydrogen) atoms. The number of piperazine rings is 1. The van der Waals surface area contributed by atoms with Gasteiger partial charge in [-0.3, -0.25) is 9.80 Å². The topological polar surface area (TPSA) is 50.1 Å². The molecule has 0 saturated carbocycles. The van der Waals surface area contributed by atoms with E-state index in [4.69, 9.17) is 0 Å². The second kappa shape index (κ2) is 8.91. The third-order valence-electron chi connectivity index (χ3n) is 5.16. The summed E-state index contributed by atoms with van der Waals surface area (Å²) >= 11 is 0. The van der Waals surface area contributed by atoms with Crippen LogP contribution in [-0.4, -0.2) is 62.3 Å². The summed E-state index contributed by atoms with van der Waals surface area (Å²) in [6.07, 6.45) is 9.72. The highest BCUT2D eigenvalue weighted by Gasteiger charge is 2.16. The SMILES string of the molecule is Cc1c(/C=C/CN2CCN(Cc3ccccc3)CC2)cnn1-c1ncccn1. The molecule has 6 heteroatoms. The van der Waals surface area contributed by atoms with Crippen LogP contribution >= 0.6 is 0 Å². The maximum Gasteiger partial charge on any atom is 0.250 e. The van der Waals surface area contributed by atoms with Gasteiger partial charge in [-0.2, -0.15) is 5.10 Å². The largest absolute Gasteiger partial charge is 0.297 e. The van der Waals surface area contributed by atoms with Crippen LogP contribution in [0.5, 0.6) is 0 Å². The van der Waals surface area contributed by atoms with Crippen LogP contribution in [0.1, 0.15) is 16.8 Å². The maximum absolute atomic E-state index is 4.42. The predicted molar refractivity (Wildman–Crippen MR) is 111 cm³/mol. The second-order valence-electron chi connectivity index (χ2n) is 7.11. The van der Waals surface area contributed by atoms with Crippen LogP contribution in [0.15, 0.2) is 61.1 Å². The van der Waals surface area contributed by atoms with E-state index in [0.717, 1.165) is 50.5 Å². The molecule has 1 saturated heterocycles. The fourth-order valence-electron chi connectivity index (χ4n) is 3.49. The smallest absolute Gasteiger partial charge is 0.250 e. The van der Waals surface area contributed by atoms with Crippen LogP contribution in [0.3, 0.4) is 0 Å². The molecule has 0 N–H and O–H groups in total. The van der Waals surface area contributed by atoms with Crippen molar-refractivity contribution >= 4 is 6.08 Å². The molecule has 0 atom stereocenters. The molecular formula is C22H26N6. The van der Waals surface area contributed by atoms with E-state index in [1.54, 1.807) is 17.1 Å². The Kier molecular flexibility index (Phi) is 5.89. The second-order valence-corrected chi connectivity index (χ2v) is 7.11. The summed E-state index contributed by atoms with van der Waals surface area (Å²) in [6.45, 7) is 8.50. The summed E-state index contributed by atoms with van der Waals surface area (Å²) in [5.74, 6) is 0.606. The normalized spacial score (nSPS) is 16.0. The lowest BCUT2D eigenvalue weighted by molar-refractivity contribution is 0.137. The van der Waals surface area contributed by atoms with Crippen molar-refractivity contribution < 1.29 is 0 Å². The summed E-state index contributed by atoms with van der Waals surface area (Å²) in [5, 5.41) is 4.42. The van der Waals surface area contributed by atoms with Crippen LogP contribution in [0, 0.1) is 6.92 Å². The van der Waals surface area contributed by atoms with Crippen molar-refractivity contribution in [3.63, 3.8) is 0 Å². The molecule has 0 amide bonds. The van der Waals surface area contributed by atoms with E-state index in [9.17, 15) is 0 Å². The van der Waals surface area contributed by atoms with Gasteiger partial charge < -0.3 is 0 Å². The van der Waals surface area contributed by atoms with E-state index in [1.165, 1.54) is 5.56 Å². The van der Waals surface area contributed by atoms with Crippen molar-refractivity contribution in [2.24, 2.45) is 0 Å². The summed E-state index contributed by atoms with van der Waals surface area (Å²) in [6, 6.07) is 12.5. The number of benzene rings is 1. The summed E-state index contributed by atoms with van der Waals surface area (Å²) in [5.41, 5.74) is 3.55. The van der Waals surface area contributed by atoms with Gasteiger partial charge in [0, 0.05) is 57.2 Å². The van der Waals surface area contributed by atoms with Gasteiger partial charge >= 0.3 is 0 Å². The molecule has 0 radical (unpaired) electrons. The van der Waals surface area contributed by atoms with Gasteiger partial charge in [0.05, 0.1) is 11.9 Å². The average molecular weight is 374 g/mol. The molecular weight excluding hydrogens is 348 g/mol. The van der Waals surface area contributed by atoms with Crippen molar-refractivity contribution in [3.05, 3.63) is 77.9 Å². The lowest BCUT2D eigenvalue weighted by Gasteiger charge is -2.34. The average Bonchev–Trinajstić information content (AvgIpc) is 3.11. The van der Waals surface area contributed by atoms with Crippen LogP contribution in [0.4, 0.5) is 0 Å². The summed E-state index contributed by atoms with van der Waals surface area (Å²) < 4.78 is 1.78. The number of aromatic nitrogens is 4. The van der Waals surface area contributed by atoms with Gasteiger partial charge in [0.1, 0.15) is 0 Å². The van der Waals surface area contributed by atoms with Gasteiger partial charge in [-0.05, 0) is 18.6 Å². The molecule has 0 unspecified atom stereocenters. The first-order chi connectivity index (χ1) is 13.8. The lowest BCUT2D eigenvalue weighted by Crippen LogP contribution is -2.45. The lowest BCUT2D eigenvalue weighted by atomic mass is 10.2. The minimum atomic E-state index is 0.606. The third kappa shape index (κ3) is 4.52. The Balaban J connectivity index is 1.28. The Hall–Kier alpha value is -2.83. The van der Waals surface area contributed by atoms with Gasteiger partial charge in [0.2, 0.25) is 0 Å². The van der Waals surface area contributed by atoms with Crippen molar-refractivity contribution in [2.75, 3.05) is 32.7 Å². The number of hydrogen-bond acceptors (Lipinski definition) is 5. The minimum Gasteiger partial charge on any atom is -0.297 e. The van der Waals surface area contributed by atoms with E-state index in [-0.39, 0.29) is 0 Å². The molecule has 2 aromatic heterocycles. The first kappa shape index (κ1) is 18.5. The van der Waals surface area contributed by atoms with Gasteiger partial charge in [-0.25, -0.2) is 14.6 Å². The van der Waals surface area contributed by atoms with Crippen molar-refractivity contribution in [3.8, 4) is 5.95 Å². The number of nitrogens with zero attached hydrogens (tertiary/aromatic N) is 6. The predicted octanol–water partition coefficient (Wildman–Crippen LogP) is 2.80. The Morgan fingerprint density at radius 3 is 2.39 bits per heavy atom. The van der Waals surface area contributed by atoms with E-state index in [1.807, 2.05) is 19.2 Å². The quantitative estimate of drug-likeness (QED) is 0.664. The molecule has 1 aliphatic rings. The Morgan fingerprint density at radius 1 is 0.929 bits per heavy atom. The van der Waals surface area contributed by atoms with Gasteiger partial charge in [0.15, 0.2) is 0 Å². The zero-order valence-corrected chi connectivity index (χ0v) is 16.3. The van der Waals surface area contributed by atoms with E-state index < -0.39 is 0 Å². The Bertz CT molecular complexity index is 895. The first-order valence-electron chi connectivity index (χ1n) is 9.77. The summed E-state index contributed by atoms with van der Waals surface area (Å²) in [4.78, 5) is 13.6. The molecule has 1 aromatic carbocycles. The van der Waals surface area contributed by atoms with Crippen molar-refractivity contribution in [2.45, 2.75) is 13.5 Å². The molecule has 3 aromatic rings. The highest BCUT2D eigenvalue weighted by atomic mass is 15.3. The van der Waals surface area contributed by atoms with Crippen LogP contribution in [0.2, 0.25) is 0 Å². The number of rotatable bonds is 6. The highest BCUT2D eigenvalue weighted by molar-refractivity contribution is 5.51. The van der Waals surface area contributed by atoms with Crippen LogP contribution in [-0.2, 0) is 6.54 Å². The van der Waals surface area contributed by atoms with E-state index in [2.05, 4.69) is 67.4 Å². The monoisotopic (exact) mass is 374 g/mol. The Morgan fingerprint density at radius 2 is 1.64 bits per heavy atom. The van der Waals surface area contributed by atoms with Gasteiger partial charge in [-0.1, -0.05) is 42.5 Å². The van der Waals surface area contributed by atoms with E-state index >= 15 is 0 Å². The number of hydrogen-bond donors (Lipinski definition) is 0. The zero-order valence-electron chi connectivity index (χ0n) is 16.3. The third-order valence-corrected chi connectivity index (χ3v) is 5.16. The van der Waals surface area contributed by atoms with Crippen molar-refractivity contribution in [1.82, 2.24) is 29.5 Å². The standard InChI is InChI=1S/C22H26N6/c1-19-21(17-25-28(19)22-23-10-6-11-24-22)9-5-12-26-13-15-27(16-14-26)18-20-7-3-2-4-8-20/h2-11,17H,12-16,18H2,1H3/b9-5+. The fourth-order valence-corrected chi connectivity index (χ4v) is 3.49. The molecule has 0 bridgehead atoms. The molecule has 1 fully saturated rings. The fraction of sp³-hybridized carbons (Fsp3) is 0.318. The Labute approximate surface area is 166 Å². The zero-order chi connectivity index (χ0) is 19.2. The molecule has 0 aliphatic carbocycles. The van der Waals surface area contributed by atoms with Crippen LogP contribution < -0.4 is 0 Å². The van der Waals surface area contributed by atoms with Crippen molar-refractivity contribution in [1.29, 1.82) is 0 Å².